The van der Waals surface area contributed by atoms with E-state index < -0.39 is 14.9 Å². The zero-order chi connectivity index (χ0) is 14.0. The summed E-state index contributed by atoms with van der Waals surface area (Å²) in [7, 11) is 2.72. The van der Waals surface area contributed by atoms with Gasteiger partial charge in [0.05, 0.1) is 19.9 Å². The van der Waals surface area contributed by atoms with E-state index in [1.165, 1.54) is 24.1 Å². The second-order valence-corrected chi connectivity index (χ2v) is 6.31. The minimum Gasteiger partial charge on any atom is -0.494 e. The maximum absolute atomic E-state index is 13.9. The smallest absolute Gasteiger partial charge is 0.264 e. The molecule has 8 heteroatoms. The van der Waals surface area contributed by atoms with Gasteiger partial charge in [-0.15, -0.1) is 0 Å². The van der Waals surface area contributed by atoms with Crippen molar-refractivity contribution >= 4 is 19.7 Å². The Labute approximate surface area is 114 Å². The van der Waals surface area contributed by atoms with E-state index in [0.717, 1.165) is 6.20 Å². The van der Waals surface area contributed by atoms with E-state index in [-0.39, 0.29) is 17.2 Å². The summed E-state index contributed by atoms with van der Waals surface area (Å²) < 4.78 is 42.2. The van der Waals surface area contributed by atoms with E-state index in [0.29, 0.717) is 5.56 Å². The molecule has 0 N–H and O–H groups in total. The van der Waals surface area contributed by atoms with Gasteiger partial charge in [0.15, 0.2) is 11.6 Å². The van der Waals surface area contributed by atoms with Gasteiger partial charge in [0.25, 0.3) is 9.05 Å². The van der Waals surface area contributed by atoms with Crippen LogP contribution in [0.4, 0.5) is 4.39 Å². The van der Waals surface area contributed by atoms with Crippen molar-refractivity contribution in [2.75, 3.05) is 7.11 Å². The van der Waals surface area contributed by atoms with Crippen LogP contribution in [0.3, 0.4) is 0 Å². The zero-order valence-electron chi connectivity index (χ0n) is 9.88. The van der Waals surface area contributed by atoms with Crippen LogP contribution in [-0.4, -0.2) is 25.3 Å². The predicted molar refractivity (Wildman–Crippen MR) is 67.3 cm³/mol. The molecule has 0 aliphatic rings. The molecule has 102 valence electrons. The lowest BCUT2D eigenvalue weighted by molar-refractivity contribution is 0.383. The predicted octanol–water partition coefficient (Wildman–Crippen LogP) is 2.01. The molecule has 0 radical (unpaired) electrons. The third-order valence-corrected chi connectivity index (χ3v) is 3.80. The first-order chi connectivity index (χ1) is 8.91. The van der Waals surface area contributed by atoms with Gasteiger partial charge in [-0.3, -0.25) is 4.68 Å². The van der Waals surface area contributed by atoms with Gasteiger partial charge in [-0.2, -0.15) is 5.10 Å². The summed E-state index contributed by atoms with van der Waals surface area (Å²) in [5.74, 6) is -0.384. The molecule has 1 aromatic carbocycles. The monoisotopic (exact) mass is 304 g/mol. The fourth-order valence-electron chi connectivity index (χ4n) is 1.57. The lowest BCUT2D eigenvalue weighted by atomic mass is 10.2. The summed E-state index contributed by atoms with van der Waals surface area (Å²) in [6, 6.07) is 4.70. The third kappa shape index (κ3) is 3.05. The van der Waals surface area contributed by atoms with Gasteiger partial charge >= 0.3 is 0 Å². The summed E-state index contributed by atoms with van der Waals surface area (Å²) in [5, 5.41) is 3.82. The van der Waals surface area contributed by atoms with Crippen LogP contribution in [0.15, 0.2) is 35.5 Å². The second kappa shape index (κ2) is 5.18. The fraction of sp³-hybridized carbons (Fsp3) is 0.182. The first-order valence-corrected chi connectivity index (χ1v) is 7.51. The molecule has 1 aromatic heterocycles. The molecular weight excluding hydrogens is 295 g/mol. The summed E-state index contributed by atoms with van der Waals surface area (Å²) in [6.07, 6.45) is 2.35. The van der Waals surface area contributed by atoms with E-state index in [1.807, 2.05) is 0 Å². The molecule has 0 spiro atoms. The number of hydrogen-bond donors (Lipinski definition) is 0. The highest BCUT2D eigenvalue weighted by molar-refractivity contribution is 8.13. The summed E-state index contributed by atoms with van der Waals surface area (Å²) in [5.41, 5.74) is 0.334. The highest BCUT2D eigenvalue weighted by Gasteiger charge is 2.14. The van der Waals surface area contributed by atoms with Crippen molar-refractivity contribution in [3.63, 3.8) is 0 Å². The Hall–Kier alpha value is -1.60. The molecule has 0 saturated heterocycles. The molecule has 0 fully saturated rings. The lowest BCUT2D eigenvalue weighted by Gasteiger charge is -2.07. The Morgan fingerprint density at radius 3 is 2.79 bits per heavy atom. The van der Waals surface area contributed by atoms with Crippen LogP contribution >= 0.6 is 10.7 Å². The van der Waals surface area contributed by atoms with E-state index in [9.17, 15) is 12.8 Å². The maximum atomic E-state index is 13.9. The largest absolute Gasteiger partial charge is 0.494 e. The van der Waals surface area contributed by atoms with Crippen LogP contribution in [0.1, 0.15) is 5.56 Å². The van der Waals surface area contributed by atoms with Gasteiger partial charge in [0.2, 0.25) is 0 Å². The van der Waals surface area contributed by atoms with Crippen LogP contribution in [0.2, 0.25) is 0 Å². The molecule has 5 nitrogen and oxygen atoms in total. The molecule has 19 heavy (non-hydrogen) atoms. The standard InChI is InChI=1S/C11H10ClFN2O3S/c1-18-10-4-2-3-8(11(10)13)6-15-7-9(5-14-15)19(12,16)17/h2-5,7H,6H2,1H3. The summed E-state index contributed by atoms with van der Waals surface area (Å²) in [4.78, 5) is -0.127. The van der Waals surface area contributed by atoms with Crippen molar-refractivity contribution in [1.29, 1.82) is 0 Å². The molecule has 1 heterocycles. The number of benzene rings is 1. The van der Waals surface area contributed by atoms with Crippen molar-refractivity contribution in [3.05, 3.63) is 42.0 Å². The zero-order valence-corrected chi connectivity index (χ0v) is 11.4. The molecule has 0 bridgehead atoms. The molecule has 0 aliphatic carbocycles. The number of halogens is 2. The maximum Gasteiger partial charge on any atom is 0.264 e. The van der Waals surface area contributed by atoms with E-state index >= 15 is 0 Å². The minimum atomic E-state index is -3.83. The van der Waals surface area contributed by atoms with Crippen LogP contribution in [-0.2, 0) is 15.6 Å². The number of ether oxygens (including phenoxy) is 1. The molecule has 0 aliphatic heterocycles. The van der Waals surface area contributed by atoms with Gasteiger partial charge < -0.3 is 4.74 Å². The van der Waals surface area contributed by atoms with Gasteiger partial charge in [-0.25, -0.2) is 12.8 Å². The Bertz CT molecular complexity index is 700. The molecular formula is C11H10ClFN2O3S. The normalized spacial score (nSPS) is 11.5. The lowest BCUT2D eigenvalue weighted by Crippen LogP contribution is -2.03. The van der Waals surface area contributed by atoms with Crippen molar-refractivity contribution < 1.29 is 17.5 Å². The van der Waals surface area contributed by atoms with Crippen LogP contribution < -0.4 is 4.74 Å². The Balaban J connectivity index is 2.29. The summed E-state index contributed by atoms with van der Waals surface area (Å²) >= 11 is 0. The fourth-order valence-corrected chi connectivity index (χ4v) is 2.23. The average molecular weight is 305 g/mol. The number of aromatic nitrogens is 2. The summed E-state index contributed by atoms with van der Waals surface area (Å²) in [6.45, 7) is 0.0788. The van der Waals surface area contributed by atoms with Gasteiger partial charge in [0, 0.05) is 22.4 Å². The van der Waals surface area contributed by atoms with Crippen LogP contribution in [0.5, 0.6) is 5.75 Å². The highest BCUT2D eigenvalue weighted by atomic mass is 35.7. The van der Waals surface area contributed by atoms with E-state index in [1.54, 1.807) is 12.1 Å². The van der Waals surface area contributed by atoms with Crippen LogP contribution in [0, 0.1) is 5.82 Å². The van der Waals surface area contributed by atoms with Gasteiger partial charge in [-0.1, -0.05) is 12.1 Å². The molecule has 2 aromatic rings. The van der Waals surface area contributed by atoms with Crippen molar-refractivity contribution in [3.8, 4) is 5.75 Å². The molecule has 0 atom stereocenters. The molecule has 0 unspecified atom stereocenters. The first-order valence-electron chi connectivity index (χ1n) is 5.20. The second-order valence-electron chi connectivity index (χ2n) is 3.74. The molecule has 0 saturated carbocycles. The van der Waals surface area contributed by atoms with E-state index in [2.05, 4.69) is 5.10 Å². The third-order valence-electron chi connectivity index (χ3n) is 2.49. The van der Waals surface area contributed by atoms with Crippen molar-refractivity contribution in [2.24, 2.45) is 0 Å². The van der Waals surface area contributed by atoms with Gasteiger partial charge in [0.1, 0.15) is 4.90 Å². The number of nitrogens with zero attached hydrogens (tertiary/aromatic N) is 2. The van der Waals surface area contributed by atoms with E-state index in [4.69, 9.17) is 15.4 Å². The number of methoxy groups -OCH3 is 1. The Morgan fingerprint density at radius 1 is 1.47 bits per heavy atom. The minimum absolute atomic E-state index is 0.0788. The van der Waals surface area contributed by atoms with Crippen LogP contribution in [0.25, 0.3) is 0 Å². The van der Waals surface area contributed by atoms with Gasteiger partial charge in [-0.05, 0) is 6.07 Å². The average Bonchev–Trinajstić information content (AvgIpc) is 2.80. The number of hydrogen-bond acceptors (Lipinski definition) is 4. The number of rotatable bonds is 4. The quantitative estimate of drug-likeness (QED) is 0.811. The molecule has 2 rings (SSSR count). The van der Waals surface area contributed by atoms with Crippen molar-refractivity contribution in [1.82, 2.24) is 9.78 Å². The highest BCUT2D eigenvalue weighted by Crippen LogP contribution is 2.21. The molecule has 0 amide bonds. The Kier molecular flexibility index (Phi) is 3.77. The SMILES string of the molecule is COc1cccc(Cn2cc(S(=O)(=O)Cl)cn2)c1F. The topological polar surface area (TPSA) is 61.2 Å². The van der Waals surface area contributed by atoms with Crippen molar-refractivity contribution in [2.45, 2.75) is 11.4 Å². The first kappa shape index (κ1) is 13.8. The Morgan fingerprint density at radius 2 is 2.21 bits per heavy atom.